The van der Waals surface area contributed by atoms with Gasteiger partial charge in [-0.25, -0.2) is 4.98 Å². The van der Waals surface area contributed by atoms with E-state index in [1.807, 2.05) is 48.5 Å². The van der Waals surface area contributed by atoms with E-state index in [9.17, 15) is 9.00 Å². The number of rotatable bonds is 7. The average molecular weight is 500 g/mol. The van der Waals surface area contributed by atoms with Crippen molar-refractivity contribution < 1.29 is 9.00 Å². The molecule has 1 aliphatic rings. The summed E-state index contributed by atoms with van der Waals surface area (Å²) in [7, 11) is -0.691. The standard InChI is InChI=1S/C28H29N5O2S/c1-20-5-7-21(8-6-20)18-26-30-27(32-31-26)23-9-11-25(12-10-23)29-28(34)24-4-2-3-22(17-24)19-33-13-15-36(35)16-14-33/h2-12,17H,13-16,18-19H2,1H3,(H,29,34)(H,30,31,32). The maximum absolute atomic E-state index is 12.9. The van der Waals surface area contributed by atoms with Gasteiger partial charge in [-0.05, 0) is 54.4 Å². The number of nitrogens with zero attached hydrogens (tertiary/aromatic N) is 3. The van der Waals surface area contributed by atoms with Gasteiger partial charge in [0.05, 0.1) is 0 Å². The Morgan fingerprint density at radius 1 is 1.00 bits per heavy atom. The van der Waals surface area contributed by atoms with Crippen LogP contribution >= 0.6 is 0 Å². The van der Waals surface area contributed by atoms with Crippen molar-refractivity contribution in [2.24, 2.45) is 0 Å². The monoisotopic (exact) mass is 499 g/mol. The zero-order valence-electron chi connectivity index (χ0n) is 20.2. The van der Waals surface area contributed by atoms with Crippen molar-refractivity contribution in [1.29, 1.82) is 0 Å². The minimum absolute atomic E-state index is 0.150. The van der Waals surface area contributed by atoms with Gasteiger partial charge >= 0.3 is 0 Å². The first-order valence-corrected chi connectivity index (χ1v) is 13.6. The number of amides is 1. The summed E-state index contributed by atoms with van der Waals surface area (Å²) in [6.07, 6.45) is 0.692. The Labute approximate surface area is 213 Å². The average Bonchev–Trinajstić information content (AvgIpc) is 3.36. The van der Waals surface area contributed by atoms with E-state index in [0.29, 0.717) is 23.5 Å². The van der Waals surface area contributed by atoms with E-state index < -0.39 is 10.8 Å². The molecule has 7 nitrogen and oxygen atoms in total. The van der Waals surface area contributed by atoms with Gasteiger partial charge < -0.3 is 5.32 Å². The van der Waals surface area contributed by atoms with Crippen LogP contribution in [0.2, 0.25) is 0 Å². The third-order valence-electron chi connectivity index (χ3n) is 6.29. The summed E-state index contributed by atoms with van der Waals surface area (Å²) in [5.41, 5.74) is 5.70. The Kier molecular flexibility index (Phi) is 7.34. The molecular formula is C28H29N5O2S. The molecule has 0 atom stereocenters. The molecule has 1 aromatic heterocycles. The van der Waals surface area contributed by atoms with Crippen LogP contribution in [-0.2, 0) is 23.8 Å². The second kappa shape index (κ2) is 11.0. The third kappa shape index (κ3) is 6.13. The molecule has 0 saturated carbocycles. The van der Waals surface area contributed by atoms with Crippen LogP contribution in [0.15, 0.2) is 72.8 Å². The number of aryl methyl sites for hydroxylation is 1. The lowest BCUT2D eigenvalue weighted by Gasteiger charge is -2.26. The maximum atomic E-state index is 12.9. The van der Waals surface area contributed by atoms with Crippen molar-refractivity contribution in [3.63, 3.8) is 0 Å². The van der Waals surface area contributed by atoms with Crippen molar-refractivity contribution in [2.75, 3.05) is 29.9 Å². The zero-order valence-corrected chi connectivity index (χ0v) is 21.1. The molecule has 2 N–H and O–H groups in total. The number of hydrogen-bond donors (Lipinski definition) is 2. The van der Waals surface area contributed by atoms with E-state index in [1.165, 1.54) is 11.1 Å². The Balaban J connectivity index is 1.19. The van der Waals surface area contributed by atoms with Crippen molar-refractivity contribution >= 4 is 22.4 Å². The van der Waals surface area contributed by atoms with E-state index >= 15 is 0 Å². The van der Waals surface area contributed by atoms with Crippen molar-refractivity contribution in [3.8, 4) is 11.4 Å². The molecule has 0 spiro atoms. The minimum atomic E-state index is -0.691. The molecule has 0 aliphatic carbocycles. The molecule has 184 valence electrons. The molecular weight excluding hydrogens is 470 g/mol. The molecule has 0 bridgehead atoms. The Morgan fingerprint density at radius 2 is 1.75 bits per heavy atom. The van der Waals surface area contributed by atoms with E-state index in [4.69, 9.17) is 0 Å². The lowest BCUT2D eigenvalue weighted by molar-refractivity contribution is 0.102. The fourth-order valence-electron chi connectivity index (χ4n) is 4.21. The largest absolute Gasteiger partial charge is 0.322 e. The van der Waals surface area contributed by atoms with Gasteiger partial charge in [0.15, 0.2) is 5.82 Å². The van der Waals surface area contributed by atoms with E-state index in [2.05, 4.69) is 56.6 Å². The van der Waals surface area contributed by atoms with Gasteiger partial charge in [-0.2, -0.15) is 5.10 Å². The van der Waals surface area contributed by atoms with Gasteiger partial charge in [-0.15, -0.1) is 0 Å². The highest BCUT2D eigenvalue weighted by Crippen LogP contribution is 2.20. The number of hydrogen-bond acceptors (Lipinski definition) is 5. The summed E-state index contributed by atoms with van der Waals surface area (Å²) < 4.78 is 11.6. The SMILES string of the molecule is Cc1ccc(Cc2nc(-c3ccc(NC(=O)c4cccc(CN5CCS(=O)CC5)c4)cc3)n[nH]2)cc1. The van der Waals surface area contributed by atoms with Crippen LogP contribution in [0.25, 0.3) is 11.4 Å². The molecule has 8 heteroatoms. The van der Waals surface area contributed by atoms with Crippen LogP contribution in [0, 0.1) is 6.92 Å². The Morgan fingerprint density at radius 3 is 2.50 bits per heavy atom. The second-order valence-electron chi connectivity index (χ2n) is 9.12. The number of aromatic amines is 1. The molecule has 1 fully saturated rings. The molecule has 2 heterocycles. The number of nitrogens with one attached hydrogen (secondary N) is 2. The number of carbonyl (C=O) groups is 1. The van der Waals surface area contributed by atoms with Crippen LogP contribution in [0.5, 0.6) is 0 Å². The highest BCUT2D eigenvalue weighted by Gasteiger charge is 2.16. The fourth-order valence-corrected chi connectivity index (χ4v) is 5.34. The van der Waals surface area contributed by atoms with E-state index in [0.717, 1.165) is 48.1 Å². The Hall–Kier alpha value is -3.62. The molecule has 5 rings (SSSR count). The van der Waals surface area contributed by atoms with Crippen LogP contribution in [0.1, 0.15) is 32.9 Å². The van der Waals surface area contributed by atoms with Crippen molar-refractivity contribution in [1.82, 2.24) is 20.1 Å². The number of anilines is 1. The number of H-pyrrole nitrogens is 1. The normalized spacial score (nSPS) is 14.6. The predicted molar refractivity (Wildman–Crippen MR) is 143 cm³/mol. The summed E-state index contributed by atoms with van der Waals surface area (Å²) in [4.78, 5) is 19.8. The molecule has 1 aliphatic heterocycles. The van der Waals surface area contributed by atoms with Crippen LogP contribution in [0.3, 0.4) is 0 Å². The summed E-state index contributed by atoms with van der Waals surface area (Å²) >= 11 is 0. The van der Waals surface area contributed by atoms with E-state index in [-0.39, 0.29) is 5.91 Å². The van der Waals surface area contributed by atoms with Crippen molar-refractivity contribution in [2.45, 2.75) is 19.9 Å². The molecule has 0 radical (unpaired) electrons. The molecule has 4 aromatic rings. The summed E-state index contributed by atoms with van der Waals surface area (Å²) in [5, 5.41) is 10.4. The lowest BCUT2D eigenvalue weighted by Crippen LogP contribution is -2.37. The molecule has 1 saturated heterocycles. The molecule has 0 unspecified atom stereocenters. The summed E-state index contributed by atoms with van der Waals surface area (Å²) in [6.45, 7) is 4.48. The minimum Gasteiger partial charge on any atom is -0.322 e. The molecule has 3 aromatic carbocycles. The third-order valence-corrected chi connectivity index (χ3v) is 7.57. The van der Waals surface area contributed by atoms with Crippen LogP contribution in [0.4, 0.5) is 5.69 Å². The van der Waals surface area contributed by atoms with E-state index in [1.54, 1.807) is 0 Å². The highest BCUT2D eigenvalue weighted by atomic mass is 32.2. The maximum Gasteiger partial charge on any atom is 0.255 e. The van der Waals surface area contributed by atoms with Crippen LogP contribution in [-0.4, -0.2) is 54.8 Å². The predicted octanol–water partition coefficient (Wildman–Crippen LogP) is 4.19. The number of aromatic nitrogens is 3. The van der Waals surface area contributed by atoms with Crippen LogP contribution < -0.4 is 5.32 Å². The molecule has 1 amide bonds. The quantitative estimate of drug-likeness (QED) is 0.398. The first-order valence-electron chi connectivity index (χ1n) is 12.1. The van der Waals surface area contributed by atoms with Gasteiger partial charge in [0, 0.05) is 65.2 Å². The second-order valence-corrected chi connectivity index (χ2v) is 10.8. The van der Waals surface area contributed by atoms with Gasteiger partial charge in [0.1, 0.15) is 5.82 Å². The van der Waals surface area contributed by atoms with Gasteiger partial charge in [-0.1, -0.05) is 42.0 Å². The zero-order chi connectivity index (χ0) is 24.9. The lowest BCUT2D eigenvalue weighted by atomic mass is 10.1. The van der Waals surface area contributed by atoms with Gasteiger partial charge in [0.2, 0.25) is 0 Å². The number of benzene rings is 3. The number of carbonyl (C=O) groups excluding carboxylic acids is 1. The van der Waals surface area contributed by atoms with Gasteiger partial charge in [0.25, 0.3) is 5.91 Å². The highest BCUT2D eigenvalue weighted by molar-refractivity contribution is 7.85. The first kappa shape index (κ1) is 24.1. The first-order chi connectivity index (χ1) is 17.5. The molecule has 36 heavy (non-hydrogen) atoms. The van der Waals surface area contributed by atoms with Gasteiger partial charge in [-0.3, -0.25) is 19.0 Å². The summed E-state index contributed by atoms with van der Waals surface area (Å²) in [6, 6.07) is 23.6. The fraction of sp³-hybridized carbons (Fsp3) is 0.250. The summed E-state index contributed by atoms with van der Waals surface area (Å²) in [5.74, 6) is 2.73. The Bertz CT molecular complexity index is 1360. The smallest absolute Gasteiger partial charge is 0.255 e. The van der Waals surface area contributed by atoms with Crippen molar-refractivity contribution in [3.05, 3.63) is 101 Å². The topological polar surface area (TPSA) is 91.0 Å².